The summed E-state index contributed by atoms with van der Waals surface area (Å²) in [5, 5.41) is 0. The summed E-state index contributed by atoms with van der Waals surface area (Å²) in [6.07, 6.45) is 1.14. The minimum absolute atomic E-state index is 0.0266. The molecule has 3 saturated heterocycles. The zero-order chi connectivity index (χ0) is 19.7. The number of nitrogens with one attached hydrogen (secondary N) is 2. The number of halogens is 1. The van der Waals surface area contributed by atoms with Gasteiger partial charge in [-0.05, 0) is 24.1 Å². The number of amides is 2. The molecule has 3 heterocycles. The average molecular weight is 390 g/mol. The maximum atomic E-state index is 13.3. The third kappa shape index (κ3) is 3.76. The molecule has 4 rings (SSSR count). The van der Waals surface area contributed by atoms with Gasteiger partial charge in [0, 0.05) is 51.7 Å². The first-order valence-corrected chi connectivity index (χ1v) is 9.89. The van der Waals surface area contributed by atoms with Crippen LogP contribution in [0.2, 0.25) is 0 Å². The van der Waals surface area contributed by atoms with Gasteiger partial charge in [0.15, 0.2) is 0 Å². The van der Waals surface area contributed by atoms with E-state index in [1.807, 2.05) is 4.90 Å². The van der Waals surface area contributed by atoms with Gasteiger partial charge in [-0.3, -0.25) is 15.0 Å². The number of fused-ring (bicyclic) bond motifs is 1. The lowest BCUT2D eigenvalue weighted by atomic mass is 9.84. The molecular formula is C20H27FN4O3. The summed E-state index contributed by atoms with van der Waals surface area (Å²) in [6.45, 7) is 2.81. The highest BCUT2D eigenvalue weighted by Gasteiger charge is 2.44. The molecule has 8 heteroatoms. The number of piperidine rings is 1. The van der Waals surface area contributed by atoms with Crippen molar-refractivity contribution < 1.29 is 18.7 Å². The molecule has 0 bridgehead atoms. The molecule has 3 aliphatic heterocycles. The fourth-order valence-corrected chi connectivity index (χ4v) is 4.62. The maximum absolute atomic E-state index is 13.3. The van der Waals surface area contributed by atoms with Crippen LogP contribution in [0.15, 0.2) is 24.3 Å². The minimum atomic E-state index is -0.271. The van der Waals surface area contributed by atoms with Crippen LogP contribution in [0.1, 0.15) is 24.4 Å². The number of rotatable bonds is 5. The van der Waals surface area contributed by atoms with E-state index in [4.69, 9.17) is 4.74 Å². The Morgan fingerprint density at radius 2 is 2.04 bits per heavy atom. The van der Waals surface area contributed by atoms with Gasteiger partial charge in [0.2, 0.25) is 11.8 Å². The van der Waals surface area contributed by atoms with E-state index in [1.54, 1.807) is 24.1 Å². The van der Waals surface area contributed by atoms with E-state index >= 15 is 0 Å². The molecule has 0 aliphatic carbocycles. The molecule has 0 aromatic heterocycles. The van der Waals surface area contributed by atoms with Crippen LogP contribution >= 0.6 is 0 Å². The SMILES string of the molecule is COCCN1CC(C(=O)N2CCC3NNC(c4ccc(F)cc4)C3C2)CC1=O. The number of benzene rings is 1. The Morgan fingerprint density at radius 3 is 2.79 bits per heavy atom. The molecular weight excluding hydrogens is 363 g/mol. The van der Waals surface area contributed by atoms with Crippen molar-refractivity contribution in [2.75, 3.05) is 39.9 Å². The summed E-state index contributed by atoms with van der Waals surface area (Å²) < 4.78 is 18.3. The second-order valence-corrected chi connectivity index (χ2v) is 7.89. The largest absolute Gasteiger partial charge is 0.383 e. The van der Waals surface area contributed by atoms with E-state index in [-0.39, 0.29) is 48.0 Å². The van der Waals surface area contributed by atoms with Crippen LogP contribution in [-0.2, 0) is 14.3 Å². The maximum Gasteiger partial charge on any atom is 0.228 e. The highest BCUT2D eigenvalue weighted by Crippen LogP contribution is 2.34. The number of methoxy groups -OCH3 is 1. The van der Waals surface area contributed by atoms with Gasteiger partial charge in [0.1, 0.15) is 5.82 Å². The monoisotopic (exact) mass is 390 g/mol. The quantitative estimate of drug-likeness (QED) is 0.774. The van der Waals surface area contributed by atoms with Crippen molar-refractivity contribution in [3.05, 3.63) is 35.6 Å². The lowest BCUT2D eigenvalue weighted by Crippen LogP contribution is -2.49. The Labute approximate surface area is 164 Å². The molecule has 4 unspecified atom stereocenters. The molecule has 3 aliphatic rings. The smallest absolute Gasteiger partial charge is 0.228 e. The zero-order valence-corrected chi connectivity index (χ0v) is 16.1. The third-order valence-corrected chi connectivity index (χ3v) is 6.18. The average Bonchev–Trinajstić information content (AvgIpc) is 3.29. The first-order chi connectivity index (χ1) is 13.6. The predicted octanol–water partition coefficient (Wildman–Crippen LogP) is 0.687. The molecule has 2 N–H and O–H groups in total. The zero-order valence-electron chi connectivity index (χ0n) is 16.1. The summed E-state index contributed by atoms with van der Waals surface area (Å²) in [5.74, 6) is -0.219. The van der Waals surface area contributed by atoms with Crippen LogP contribution in [0.3, 0.4) is 0 Å². The lowest BCUT2D eigenvalue weighted by molar-refractivity contribution is -0.137. The molecule has 152 valence electrons. The van der Waals surface area contributed by atoms with Crippen LogP contribution in [0.5, 0.6) is 0 Å². The summed E-state index contributed by atoms with van der Waals surface area (Å²) in [7, 11) is 1.61. The number of carbonyl (C=O) groups is 2. The van der Waals surface area contributed by atoms with Crippen LogP contribution < -0.4 is 10.9 Å². The number of hydrogen-bond acceptors (Lipinski definition) is 5. The molecule has 28 heavy (non-hydrogen) atoms. The fraction of sp³-hybridized carbons (Fsp3) is 0.600. The number of ether oxygens (including phenoxy) is 1. The number of likely N-dealkylation sites (tertiary alicyclic amines) is 2. The normalized spacial score (nSPS) is 30.0. The summed E-state index contributed by atoms with van der Waals surface area (Å²) in [4.78, 5) is 28.9. The number of carbonyl (C=O) groups excluding carboxylic acids is 2. The van der Waals surface area contributed by atoms with Crippen molar-refractivity contribution in [3.63, 3.8) is 0 Å². The van der Waals surface area contributed by atoms with Gasteiger partial charge >= 0.3 is 0 Å². The van der Waals surface area contributed by atoms with E-state index < -0.39 is 0 Å². The molecule has 4 atom stereocenters. The van der Waals surface area contributed by atoms with Crippen molar-refractivity contribution in [1.82, 2.24) is 20.7 Å². The van der Waals surface area contributed by atoms with E-state index in [9.17, 15) is 14.0 Å². The summed E-state index contributed by atoms with van der Waals surface area (Å²) in [5.41, 5.74) is 7.66. The van der Waals surface area contributed by atoms with E-state index in [2.05, 4.69) is 10.9 Å². The Kier molecular flexibility index (Phi) is 5.61. The van der Waals surface area contributed by atoms with Gasteiger partial charge in [-0.1, -0.05) is 12.1 Å². The Morgan fingerprint density at radius 1 is 1.25 bits per heavy atom. The molecule has 1 aromatic carbocycles. The number of hydrazine groups is 1. The molecule has 7 nitrogen and oxygen atoms in total. The van der Waals surface area contributed by atoms with Crippen LogP contribution in [0.4, 0.5) is 4.39 Å². The molecule has 1 aromatic rings. The minimum Gasteiger partial charge on any atom is -0.383 e. The lowest BCUT2D eigenvalue weighted by Gasteiger charge is -2.37. The van der Waals surface area contributed by atoms with Gasteiger partial charge in [-0.15, -0.1) is 0 Å². The summed E-state index contributed by atoms with van der Waals surface area (Å²) in [6, 6.07) is 6.83. The van der Waals surface area contributed by atoms with Crippen LogP contribution in [0, 0.1) is 17.7 Å². The first-order valence-electron chi connectivity index (χ1n) is 9.89. The molecule has 3 fully saturated rings. The number of nitrogens with zero attached hydrogens (tertiary/aromatic N) is 2. The van der Waals surface area contributed by atoms with E-state index in [0.29, 0.717) is 32.8 Å². The highest BCUT2D eigenvalue weighted by atomic mass is 19.1. The third-order valence-electron chi connectivity index (χ3n) is 6.18. The van der Waals surface area contributed by atoms with Crippen LogP contribution in [0.25, 0.3) is 0 Å². The van der Waals surface area contributed by atoms with Gasteiger partial charge in [-0.2, -0.15) is 0 Å². The second kappa shape index (κ2) is 8.14. The van der Waals surface area contributed by atoms with Gasteiger partial charge in [0.05, 0.1) is 18.6 Å². The molecule has 0 radical (unpaired) electrons. The van der Waals surface area contributed by atoms with Gasteiger partial charge < -0.3 is 14.5 Å². The predicted molar refractivity (Wildman–Crippen MR) is 100 cm³/mol. The van der Waals surface area contributed by atoms with E-state index in [1.165, 1.54) is 12.1 Å². The first kappa shape index (κ1) is 19.3. The Hall–Kier alpha value is -2.03. The van der Waals surface area contributed by atoms with E-state index in [0.717, 1.165) is 12.0 Å². The summed E-state index contributed by atoms with van der Waals surface area (Å²) >= 11 is 0. The molecule has 0 spiro atoms. The Balaban J connectivity index is 1.41. The fourth-order valence-electron chi connectivity index (χ4n) is 4.62. The molecule has 2 amide bonds. The topological polar surface area (TPSA) is 73.9 Å². The standard InChI is InChI=1S/C20H27FN4O3/c1-28-9-8-24-11-14(10-18(24)26)20(27)25-7-6-17-16(12-25)19(23-22-17)13-2-4-15(21)5-3-13/h2-5,14,16-17,19,22-23H,6-12H2,1H3. The highest BCUT2D eigenvalue weighted by molar-refractivity contribution is 5.89. The van der Waals surface area contributed by atoms with Crippen LogP contribution in [-0.4, -0.2) is 67.6 Å². The molecule has 0 saturated carbocycles. The van der Waals surface area contributed by atoms with Crippen molar-refractivity contribution in [2.45, 2.75) is 24.9 Å². The van der Waals surface area contributed by atoms with Gasteiger partial charge in [-0.25, -0.2) is 9.82 Å². The van der Waals surface area contributed by atoms with Crippen molar-refractivity contribution >= 4 is 11.8 Å². The number of hydrogen-bond donors (Lipinski definition) is 2. The second-order valence-electron chi connectivity index (χ2n) is 7.89. The van der Waals surface area contributed by atoms with Crippen molar-refractivity contribution in [2.24, 2.45) is 11.8 Å². The Bertz CT molecular complexity index is 729. The van der Waals surface area contributed by atoms with Crippen molar-refractivity contribution in [3.8, 4) is 0 Å². The van der Waals surface area contributed by atoms with Crippen molar-refractivity contribution in [1.29, 1.82) is 0 Å². The van der Waals surface area contributed by atoms with Gasteiger partial charge in [0.25, 0.3) is 0 Å².